The predicted molar refractivity (Wildman–Crippen MR) is 48.4 cm³/mol. The number of aliphatic hydroxyl groups is 1. The largest absolute Gasteiger partial charge is 0.497 e. The molecule has 1 aromatic carbocycles. The Morgan fingerprint density at radius 3 is 2.77 bits per heavy atom. The van der Waals surface area contributed by atoms with E-state index in [0.29, 0.717) is 18.6 Å². The summed E-state index contributed by atoms with van der Waals surface area (Å²) in [5.41, 5.74) is 0.853. The highest BCUT2D eigenvalue weighted by molar-refractivity contribution is 5.29. The number of hydrogen-bond donors (Lipinski definition) is 1. The summed E-state index contributed by atoms with van der Waals surface area (Å²) in [4.78, 5) is 0. The number of aliphatic hydroxyl groups excluding tert-OH is 1. The van der Waals surface area contributed by atoms with Crippen LogP contribution in [0.5, 0.6) is 5.75 Å². The lowest BCUT2D eigenvalue weighted by molar-refractivity contribution is 0.288. The van der Waals surface area contributed by atoms with Crippen molar-refractivity contribution in [2.75, 3.05) is 13.7 Å². The Morgan fingerprint density at radius 1 is 1.38 bits per heavy atom. The van der Waals surface area contributed by atoms with Crippen molar-refractivity contribution in [3.8, 4) is 5.75 Å². The van der Waals surface area contributed by atoms with Crippen molar-refractivity contribution in [2.24, 2.45) is 0 Å². The summed E-state index contributed by atoms with van der Waals surface area (Å²) in [6, 6.07) is 4.57. The zero-order valence-electron chi connectivity index (χ0n) is 7.59. The molecule has 0 aliphatic heterocycles. The van der Waals surface area contributed by atoms with Gasteiger partial charge in [-0.3, -0.25) is 0 Å². The Bertz CT molecular complexity index is 274. The number of methoxy groups -OCH3 is 1. The summed E-state index contributed by atoms with van der Waals surface area (Å²) < 4.78 is 17.8. The predicted octanol–water partition coefficient (Wildman–Crippen LogP) is 1.76. The van der Waals surface area contributed by atoms with E-state index in [0.717, 1.165) is 5.56 Å². The number of benzene rings is 1. The molecule has 0 unspecified atom stereocenters. The molecule has 0 radical (unpaired) electrons. The Kier molecular flexibility index (Phi) is 3.71. The Morgan fingerprint density at radius 2 is 2.15 bits per heavy atom. The third-order valence-corrected chi connectivity index (χ3v) is 1.79. The van der Waals surface area contributed by atoms with Gasteiger partial charge in [-0.15, -0.1) is 0 Å². The van der Waals surface area contributed by atoms with E-state index in [-0.39, 0.29) is 12.4 Å². The van der Waals surface area contributed by atoms with Crippen LogP contribution < -0.4 is 4.74 Å². The highest BCUT2D eigenvalue weighted by atomic mass is 19.1. The van der Waals surface area contributed by atoms with Crippen LogP contribution in [0.15, 0.2) is 18.2 Å². The highest BCUT2D eigenvalue weighted by Crippen LogP contribution is 2.16. The van der Waals surface area contributed by atoms with E-state index < -0.39 is 0 Å². The summed E-state index contributed by atoms with van der Waals surface area (Å²) in [6.45, 7) is 0.124. The number of aryl methyl sites for hydroxylation is 1. The quantitative estimate of drug-likeness (QED) is 0.772. The first-order valence-corrected chi connectivity index (χ1v) is 4.20. The van der Waals surface area contributed by atoms with Crippen molar-refractivity contribution >= 4 is 0 Å². The molecule has 0 saturated heterocycles. The van der Waals surface area contributed by atoms with Crippen LogP contribution in [0, 0.1) is 5.82 Å². The van der Waals surface area contributed by atoms with Crippen LogP contribution >= 0.6 is 0 Å². The van der Waals surface area contributed by atoms with Crippen molar-refractivity contribution in [3.63, 3.8) is 0 Å². The molecular formula is C10H13FO2. The van der Waals surface area contributed by atoms with E-state index in [1.54, 1.807) is 6.07 Å². The molecule has 13 heavy (non-hydrogen) atoms. The minimum absolute atomic E-state index is 0.124. The summed E-state index contributed by atoms with van der Waals surface area (Å²) in [6.07, 6.45) is 1.32. The third kappa shape index (κ3) is 3.03. The summed E-state index contributed by atoms with van der Waals surface area (Å²) in [7, 11) is 1.50. The minimum Gasteiger partial charge on any atom is -0.497 e. The molecule has 0 aromatic heterocycles. The van der Waals surface area contributed by atoms with Crippen molar-refractivity contribution in [3.05, 3.63) is 29.6 Å². The van der Waals surface area contributed by atoms with Crippen LogP contribution in [-0.2, 0) is 6.42 Å². The first-order chi connectivity index (χ1) is 6.26. The zero-order chi connectivity index (χ0) is 9.68. The van der Waals surface area contributed by atoms with Gasteiger partial charge in [-0.2, -0.15) is 0 Å². The second-order valence-electron chi connectivity index (χ2n) is 2.83. The Hall–Kier alpha value is -1.09. The second-order valence-corrected chi connectivity index (χ2v) is 2.83. The Labute approximate surface area is 77.0 Å². The molecule has 0 fully saturated rings. The average molecular weight is 184 g/mol. The molecule has 1 rings (SSSR count). The fraction of sp³-hybridized carbons (Fsp3) is 0.400. The van der Waals surface area contributed by atoms with Gasteiger partial charge in [-0.1, -0.05) is 0 Å². The van der Waals surface area contributed by atoms with Crippen LogP contribution in [0.25, 0.3) is 0 Å². The van der Waals surface area contributed by atoms with E-state index in [4.69, 9.17) is 9.84 Å². The fourth-order valence-corrected chi connectivity index (χ4v) is 1.17. The van der Waals surface area contributed by atoms with Gasteiger partial charge in [0.2, 0.25) is 0 Å². The lowest BCUT2D eigenvalue weighted by atomic mass is 10.1. The van der Waals surface area contributed by atoms with Crippen LogP contribution in [0.4, 0.5) is 4.39 Å². The number of ether oxygens (including phenoxy) is 1. The topological polar surface area (TPSA) is 29.5 Å². The normalized spacial score (nSPS) is 10.1. The Balaban J connectivity index is 2.76. The standard InChI is InChI=1S/C10H13FO2/c1-13-10-6-8(3-2-4-12)5-9(11)7-10/h5-7,12H,2-4H2,1H3. The first kappa shape index (κ1) is 9.99. The lowest BCUT2D eigenvalue weighted by Crippen LogP contribution is -1.92. The molecule has 0 bridgehead atoms. The lowest BCUT2D eigenvalue weighted by Gasteiger charge is -2.04. The zero-order valence-corrected chi connectivity index (χ0v) is 7.59. The van der Waals surface area contributed by atoms with Crippen molar-refractivity contribution < 1.29 is 14.2 Å². The van der Waals surface area contributed by atoms with E-state index in [1.165, 1.54) is 19.2 Å². The highest BCUT2D eigenvalue weighted by Gasteiger charge is 2.00. The molecule has 0 spiro atoms. The van der Waals surface area contributed by atoms with Crippen LogP contribution in [0.2, 0.25) is 0 Å². The summed E-state index contributed by atoms with van der Waals surface area (Å²) in [5.74, 6) is 0.222. The molecule has 3 heteroatoms. The molecule has 72 valence electrons. The molecule has 1 N–H and O–H groups in total. The van der Waals surface area contributed by atoms with Gasteiger partial charge in [0.05, 0.1) is 7.11 Å². The molecule has 1 aromatic rings. The smallest absolute Gasteiger partial charge is 0.127 e. The molecule has 0 aliphatic rings. The summed E-state index contributed by atoms with van der Waals surface area (Å²) in [5, 5.41) is 8.60. The molecule has 0 saturated carbocycles. The number of rotatable bonds is 4. The van der Waals surface area contributed by atoms with Gasteiger partial charge in [-0.25, -0.2) is 4.39 Å². The maximum absolute atomic E-state index is 12.9. The average Bonchev–Trinajstić information content (AvgIpc) is 2.14. The molecule has 0 heterocycles. The molecule has 0 atom stereocenters. The van der Waals surface area contributed by atoms with Crippen LogP contribution in [0.3, 0.4) is 0 Å². The molecule has 0 aliphatic carbocycles. The van der Waals surface area contributed by atoms with E-state index in [2.05, 4.69) is 0 Å². The van der Waals surface area contributed by atoms with E-state index in [9.17, 15) is 4.39 Å². The van der Waals surface area contributed by atoms with Gasteiger partial charge in [0.1, 0.15) is 11.6 Å². The van der Waals surface area contributed by atoms with Gasteiger partial charge >= 0.3 is 0 Å². The van der Waals surface area contributed by atoms with E-state index >= 15 is 0 Å². The summed E-state index contributed by atoms with van der Waals surface area (Å²) >= 11 is 0. The maximum atomic E-state index is 12.9. The van der Waals surface area contributed by atoms with Gasteiger partial charge in [0.25, 0.3) is 0 Å². The molecular weight excluding hydrogens is 171 g/mol. The van der Waals surface area contributed by atoms with Gasteiger partial charge in [0, 0.05) is 12.7 Å². The van der Waals surface area contributed by atoms with Gasteiger partial charge < -0.3 is 9.84 Å². The number of hydrogen-bond acceptors (Lipinski definition) is 2. The van der Waals surface area contributed by atoms with Crippen molar-refractivity contribution in [1.82, 2.24) is 0 Å². The van der Waals surface area contributed by atoms with Crippen LogP contribution in [0.1, 0.15) is 12.0 Å². The SMILES string of the molecule is COc1cc(F)cc(CCCO)c1. The maximum Gasteiger partial charge on any atom is 0.127 e. The monoisotopic (exact) mass is 184 g/mol. The second kappa shape index (κ2) is 4.82. The van der Waals surface area contributed by atoms with Gasteiger partial charge in [0.15, 0.2) is 0 Å². The molecule has 0 amide bonds. The first-order valence-electron chi connectivity index (χ1n) is 4.20. The van der Waals surface area contributed by atoms with E-state index in [1.807, 2.05) is 0 Å². The molecule has 2 nitrogen and oxygen atoms in total. The number of halogens is 1. The van der Waals surface area contributed by atoms with Gasteiger partial charge in [-0.05, 0) is 30.5 Å². The fourth-order valence-electron chi connectivity index (χ4n) is 1.17. The van der Waals surface area contributed by atoms with Crippen molar-refractivity contribution in [2.45, 2.75) is 12.8 Å². The van der Waals surface area contributed by atoms with Crippen LogP contribution in [-0.4, -0.2) is 18.8 Å². The third-order valence-electron chi connectivity index (χ3n) is 1.79. The minimum atomic E-state index is -0.299. The van der Waals surface area contributed by atoms with Crippen molar-refractivity contribution in [1.29, 1.82) is 0 Å².